The number of anilines is 1. The van der Waals surface area contributed by atoms with Crippen LogP contribution in [0.4, 0.5) is 5.82 Å². The Balaban J connectivity index is 2.23. The summed E-state index contributed by atoms with van der Waals surface area (Å²) in [6.45, 7) is 7.74. The number of nitrogens with zero attached hydrogens (tertiary/aromatic N) is 3. The third-order valence-electron chi connectivity index (χ3n) is 3.63. The SMILES string of the molecule is CN1CCN(c2ncccc2CBr)CC1(C)C. The van der Waals surface area contributed by atoms with E-state index >= 15 is 0 Å². The molecule has 0 N–H and O–H groups in total. The topological polar surface area (TPSA) is 19.4 Å². The summed E-state index contributed by atoms with van der Waals surface area (Å²) < 4.78 is 0. The van der Waals surface area contributed by atoms with Crippen molar-refractivity contribution in [1.82, 2.24) is 9.88 Å². The van der Waals surface area contributed by atoms with Gasteiger partial charge in [0.15, 0.2) is 0 Å². The average Bonchev–Trinajstić information content (AvgIpc) is 2.32. The molecule has 1 aliphatic heterocycles. The number of hydrogen-bond acceptors (Lipinski definition) is 3. The van der Waals surface area contributed by atoms with Crippen LogP contribution in [0.5, 0.6) is 0 Å². The summed E-state index contributed by atoms with van der Waals surface area (Å²) in [6.07, 6.45) is 1.88. The van der Waals surface area contributed by atoms with Crippen LogP contribution in [0.2, 0.25) is 0 Å². The Bertz CT molecular complexity index is 392. The van der Waals surface area contributed by atoms with Crippen LogP contribution in [0.25, 0.3) is 0 Å². The van der Waals surface area contributed by atoms with Crippen molar-refractivity contribution in [2.45, 2.75) is 24.7 Å². The highest BCUT2D eigenvalue weighted by molar-refractivity contribution is 9.08. The molecule has 0 amide bonds. The molecule has 2 rings (SSSR count). The van der Waals surface area contributed by atoms with Crippen LogP contribution >= 0.6 is 15.9 Å². The Kier molecular flexibility index (Phi) is 3.73. The minimum Gasteiger partial charge on any atom is -0.353 e. The van der Waals surface area contributed by atoms with E-state index in [0.717, 1.165) is 30.8 Å². The molecule has 0 aromatic carbocycles. The molecule has 0 unspecified atom stereocenters. The second kappa shape index (κ2) is 4.94. The quantitative estimate of drug-likeness (QED) is 0.782. The van der Waals surface area contributed by atoms with Gasteiger partial charge < -0.3 is 4.90 Å². The number of aromatic nitrogens is 1. The Hall–Kier alpha value is -0.610. The van der Waals surface area contributed by atoms with Gasteiger partial charge in [0, 0.05) is 42.3 Å². The van der Waals surface area contributed by atoms with Gasteiger partial charge in [-0.1, -0.05) is 22.0 Å². The first-order chi connectivity index (χ1) is 8.04. The van der Waals surface area contributed by atoms with Crippen LogP contribution in [0.3, 0.4) is 0 Å². The van der Waals surface area contributed by atoms with E-state index in [1.165, 1.54) is 5.56 Å². The van der Waals surface area contributed by atoms with E-state index in [1.54, 1.807) is 0 Å². The average molecular weight is 298 g/mol. The van der Waals surface area contributed by atoms with E-state index in [4.69, 9.17) is 0 Å². The molecule has 2 heterocycles. The lowest BCUT2D eigenvalue weighted by atomic mass is 9.99. The fourth-order valence-electron chi connectivity index (χ4n) is 2.24. The van der Waals surface area contributed by atoms with E-state index in [1.807, 2.05) is 12.3 Å². The summed E-state index contributed by atoms with van der Waals surface area (Å²) in [7, 11) is 2.20. The molecule has 1 aromatic rings. The molecule has 0 atom stereocenters. The van der Waals surface area contributed by atoms with Crippen LogP contribution in [0, 0.1) is 0 Å². The second-order valence-electron chi connectivity index (χ2n) is 5.28. The number of piperazine rings is 1. The summed E-state index contributed by atoms with van der Waals surface area (Å²) in [6, 6.07) is 4.14. The van der Waals surface area contributed by atoms with Crippen LogP contribution in [-0.4, -0.2) is 42.1 Å². The molecule has 0 aliphatic carbocycles. The Morgan fingerprint density at radius 2 is 2.18 bits per heavy atom. The standard InChI is InChI=1S/C13H20BrN3/c1-13(2)10-17(8-7-16(13)3)12-11(9-14)5-4-6-15-12/h4-6H,7-10H2,1-3H3. The van der Waals surface area contributed by atoms with Crippen LogP contribution in [-0.2, 0) is 5.33 Å². The lowest BCUT2D eigenvalue weighted by molar-refractivity contribution is 0.138. The lowest BCUT2D eigenvalue weighted by Crippen LogP contribution is -2.58. The van der Waals surface area contributed by atoms with Gasteiger partial charge in [0.2, 0.25) is 0 Å². The van der Waals surface area contributed by atoms with Crippen molar-refractivity contribution in [2.75, 3.05) is 31.6 Å². The Labute approximate surface area is 112 Å². The van der Waals surface area contributed by atoms with Crippen LogP contribution in [0.15, 0.2) is 18.3 Å². The van der Waals surface area contributed by atoms with Gasteiger partial charge in [0.25, 0.3) is 0 Å². The van der Waals surface area contributed by atoms with Crippen molar-refractivity contribution in [3.05, 3.63) is 23.9 Å². The number of halogens is 1. The van der Waals surface area contributed by atoms with Gasteiger partial charge in [-0.2, -0.15) is 0 Å². The van der Waals surface area contributed by atoms with Gasteiger partial charge in [0.1, 0.15) is 5.82 Å². The minimum atomic E-state index is 0.208. The summed E-state index contributed by atoms with van der Waals surface area (Å²) in [4.78, 5) is 9.36. The first-order valence-electron chi connectivity index (χ1n) is 6.00. The first kappa shape index (κ1) is 12.8. The third kappa shape index (κ3) is 2.63. The maximum absolute atomic E-state index is 4.54. The van der Waals surface area contributed by atoms with Crippen molar-refractivity contribution in [2.24, 2.45) is 0 Å². The molecule has 1 aromatic heterocycles. The highest BCUT2D eigenvalue weighted by Gasteiger charge is 2.32. The predicted octanol–water partition coefficient (Wildman–Crippen LogP) is 2.51. The fourth-order valence-corrected chi connectivity index (χ4v) is 2.68. The van der Waals surface area contributed by atoms with Crippen molar-refractivity contribution < 1.29 is 0 Å². The highest BCUT2D eigenvalue weighted by atomic mass is 79.9. The van der Waals surface area contributed by atoms with E-state index < -0.39 is 0 Å². The molecule has 1 saturated heterocycles. The molecule has 1 aliphatic rings. The van der Waals surface area contributed by atoms with Gasteiger partial charge in [-0.05, 0) is 27.0 Å². The Morgan fingerprint density at radius 3 is 2.82 bits per heavy atom. The third-order valence-corrected chi connectivity index (χ3v) is 4.23. The number of rotatable bonds is 2. The van der Waals surface area contributed by atoms with Gasteiger partial charge >= 0.3 is 0 Å². The summed E-state index contributed by atoms with van der Waals surface area (Å²) in [5.41, 5.74) is 1.48. The molecule has 1 fully saturated rings. The molecule has 0 bridgehead atoms. The summed E-state index contributed by atoms with van der Waals surface area (Å²) in [5.74, 6) is 1.13. The number of likely N-dealkylation sites (N-methyl/N-ethyl adjacent to an activating group) is 1. The maximum atomic E-state index is 4.54. The van der Waals surface area contributed by atoms with Gasteiger partial charge in [-0.3, -0.25) is 4.90 Å². The largest absolute Gasteiger partial charge is 0.353 e. The lowest BCUT2D eigenvalue weighted by Gasteiger charge is -2.46. The molecular formula is C13H20BrN3. The number of pyridine rings is 1. The normalized spacial score (nSPS) is 20.6. The fraction of sp³-hybridized carbons (Fsp3) is 0.615. The zero-order valence-electron chi connectivity index (χ0n) is 10.8. The smallest absolute Gasteiger partial charge is 0.132 e. The van der Waals surface area contributed by atoms with E-state index in [2.05, 4.69) is 57.7 Å². The second-order valence-corrected chi connectivity index (χ2v) is 5.84. The molecule has 0 spiro atoms. The van der Waals surface area contributed by atoms with E-state index in [-0.39, 0.29) is 5.54 Å². The van der Waals surface area contributed by atoms with E-state index in [0.29, 0.717) is 0 Å². The van der Waals surface area contributed by atoms with Gasteiger partial charge in [-0.15, -0.1) is 0 Å². The van der Waals surface area contributed by atoms with E-state index in [9.17, 15) is 0 Å². The summed E-state index contributed by atoms with van der Waals surface area (Å²) in [5, 5.41) is 0.864. The first-order valence-corrected chi connectivity index (χ1v) is 7.13. The molecule has 0 saturated carbocycles. The molecule has 4 heteroatoms. The van der Waals surface area contributed by atoms with Crippen LogP contribution < -0.4 is 4.90 Å². The zero-order valence-corrected chi connectivity index (χ0v) is 12.4. The minimum absolute atomic E-state index is 0.208. The zero-order chi connectivity index (χ0) is 12.5. The molecular weight excluding hydrogens is 278 g/mol. The van der Waals surface area contributed by atoms with Crippen LogP contribution in [0.1, 0.15) is 19.4 Å². The number of hydrogen-bond donors (Lipinski definition) is 0. The predicted molar refractivity (Wildman–Crippen MR) is 75.8 cm³/mol. The molecule has 94 valence electrons. The highest BCUT2D eigenvalue weighted by Crippen LogP contribution is 2.26. The monoisotopic (exact) mass is 297 g/mol. The van der Waals surface area contributed by atoms with Crippen molar-refractivity contribution in [3.63, 3.8) is 0 Å². The van der Waals surface area contributed by atoms with Crippen molar-refractivity contribution >= 4 is 21.7 Å². The van der Waals surface area contributed by atoms with Crippen molar-refractivity contribution in [3.8, 4) is 0 Å². The Morgan fingerprint density at radius 1 is 1.41 bits per heavy atom. The molecule has 3 nitrogen and oxygen atoms in total. The van der Waals surface area contributed by atoms with Gasteiger partial charge in [0.05, 0.1) is 0 Å². The number of alkyl halides is 1. The van der Waals surface area contributed by atoms with Gasteiger partial charge in [-0.25, -0.2) is 4.98 Å². The molecule has 0 radical (unpaired) electrons. The summed E-state index contributed by atoms with van der Waals surface area (Å²) >= 11 is 3.54. The maximum Gasteiger partial charge on any atom is 0.132 e. The molecule has 17 heavy (non-hydrogen) atoms. The van der Waals surface area contributed by atoms with Crippen molar-refractivity contribution in [1.29, 1.82) is 0 Å².